The average molecular weight is 198 g/mol. The molecule has 0 spiro atoms. The van der Waals surface area contributed by atoms with E-state index >= 15 is 0 Å². The van der Waals surface area contributed by atoms with Crippen molar-refractivity contribution in [3.8, 4) is 0 Å². The summed E-state index contributed by atoms with van der Waals surface area (Å²) in [5.74, 6) is 1.31. The number of nitrogens with zero attached hydrogens (tertiary/aromatic N) is 4. The minimum Gasteiger partial charge on any atom is -0.384 e. The molecule has 5 nitrogen and oxygen atoms in total. The summed E-state index contributed by atoms with van der Waals surface area (Å²) in [6, 6.07) is 0. The molecule has 1 aliphatic heterocycles. The van der Waals surface area contributed by atoms with E-state index in [0.29, 0.717) is 18.4 Å². The van der Waals surface area contributed by atoms with Crippen molar-refractivity contribution in [2.24, 2.45) is 17.0 Å². The molecule has 1 saturated heterocycles. The van der Waals surface area contributed by atoms with Crippen molar-refractivity contribution in [2.45, 2.75) is 6.92 Å². The Kier molecular flexibility index (Phi) is 4.73. The molecule has 1 aliphatic rings. The molecule has 0 amide bonds. The van der Waals surface area contributed by atoms with Crippen LogP contribution in [0, 0.1) is 11.8 Å². The second-order valence-corrected chi connectivity index (χ2v) is 3.91. The predicted molar refractivity (Wildman–Crippen MR) is 55.0 cm³/mol. The van der Waals surface area contributed by atoms with Gasteiger partial charge in [0.1, 0.15) is 0 Å². The molecule has 0 bridgehead atoms. The Balaban J connectivity index is 2.27. The van der Waals surface area contributed by atoms with E-state index in [2.05, 4.69) is 21.8 Å². The second-order valence-electron chi connectivity index (χ2n) is 3.91. The van der Waals surface area contributed by atoms with Crippen molar-refractivity contribution in [2.75, 3.05) is 39.9 Å². The third-order valence-electron chi connectivity index (χ3n) is 2.80. The van der Waals surface area contributed by atoms with Crippen LogP contribution in [0.2, 0.25) is 0 Å². The number of hydrogen-bond acceptors (Lipinski definition) is 3. The van der Waals surface area contributed by atoms with Crippen LogP contribution in [0.4, 0.5) is 0 Å². The minimum atomic E-state index is 0.572. The van der Waals surface area contributed by atoms with Gasteiger partial charge in [-0.3, -0.25) is 0 Å². The molecular formula is C9H18N4O. The summed E-state index contributed by atoms with van der Waals surface area (Å²) in [6.45, 7) is 6.68. The van der Waals surface area contributed by atoms with E-state index in [1.54, 1.807) is 7.11 Å². The van der Waals surface area contributed by atoms with Crippen LogP contribution in [0.15, 0.2) is 5.11 Å². The fourth-order valence-electron chi connectivity index (χ4n) is 1.99. The zero-order chi connectivity index (χ0) is 10.4. The van der Waals surface area contributed by atoms with Crippen LogP contribution in [0.1, 0.15) is 6.92 Å². The summed E-state index contributed by atoms with van der Waals surface area (Å²) in [7, 11) is 1.75. The van der Waals surface area contributed by atoms with Crippen LogP contribution in [0.5, 0.6) is 0 Å². The number of hydrogen-bond donors (Lipinski definition) is 0. The lowest BCUT2D eigenvalue weighted by molar-refractivity contribution is 0.140. The second kappa shape index (κ2) is 5.86. The fraction of sp³-hybridized carbons (Fsp3) is 1.00. The van der Waals surface area contributed by atoms with Crippen LogP contribution in [0.3, 0.4) is 0 Å². The van der Waals surface area contributed by atoms with Crippen molar-refractivity contribution in [1.29, 1.82) is 0 Å². The van der Waals surface area contributed by atoms with Gasteiger partial charge in [-0.05, 0) is 17.4 Å². The van der Waals surface area contributed by atoms with Gasteiger partial charge in [0, 0.05) is 38.2 Å². The van der Waals surface area contributed by atoms with E-state index in [1.807, 2.05) is 0 Å². The number of likely N-dealkylation sites (tertiary alicyclic amines) is 1. The highest BCUT2D eigenvalue weighted by molar-refractivity contribution is 4.81. The summed E-state index contributed by atoms with van der Waals surface area (Å²) in [4.78, 5) is 5.08. The third kappa shape index (κ3) is 3.18. The molecule has 1 fully saturated rings. The molecule has 1 heterocycles. The molecule has 0 saturated carbocycles. The maximum Gasteiger partial charge on any atom is 0.0505 e. The molecule has 0 aromatic heterocycles. The van der Waals surface area contributed by atoms with Crippen molar-refractivity contribution in [1.82, 2.24) is 4.90 Å². The normalized spacial score (nSPS) is 27.6. The van der Waals surface area contributed by atoms with Gasteiger partial charge in [-0.2, -0.15) is 0 Å². The highest BCUT2D eigenvalue weighted by Gasteiger charge is 2.28. The Hall–Kier alpha value is -0.770. The van der Waals surface area contributed by atoms with E-state index in [1.165, 1.54) is 0 Å². The Morgan fingerprint density at radius 1 is 1.57 bits per heavy atom. The van der Waals surface area contributed by atoms with Crippen molar-refractivity contribution in [3.63, 3.8) is 0 Å². The van der Waals surface area contributed by atoms with Gasteiger partial charge < -0.3 is 9.64 Å². The molecule has 5 heteroatoms. The highest BCUT2D eigenvalue weighted by Crippen LogP contribution is 2.22. The first-order chi connectivity index (χ1) is 6.77. The summed E-state index contributed by atoms with van der Waals surface area (Å²) in [5.41, 5.74) is 8.15. The lowest BCUT2D eigenvalue weighted by Gasteiger charge is -2.13. The van der Waals surface area contributed by atoms with Gasteiger partial charge in [-0.25, -0.2) is 0 Å². The largest absolute Gasteiger partial charge is 0.384 e. The molecule has 0 aromatic rings. The Morgan fingerprint density at radius 3 is 3.00 bits per heavy atom. The smallest absolute Gasteiger partial charge is 0.0505 e. The van der Waals surface area contributed by atoms with Gasteiger partial charge in [-0.1, -0.05) is 12.0 Å². The van der Waals surface area contributed by atoms with Crippen LogP contribution in [-0.2, 0) is 4.74 Å². The lowest BCUT2D eigenvalue weighted by atomic mass is 10.00. The SMILES string of the molecule is COC[C@H]1CN(CCN=[N+]=[N-])C[C@H]1C. The van der Waals surface area contributed by atoms with Crippen LogP contribution in [-0.4, -0.2) is 44.8 Å². The molecule has 0 radical (unpaired) electrons. The summed E-state index contributed by atoms with van der Waals surface area (Å²) in [5, 5.41) is 3.54. The van der Waals surface area contributed by atoms with E-state index in [-0.39, 0.29) is 0 Å². The Bertz CT molecular complexity index is 215. The lowest BCUT2D eigenvalue weighted by Crippen LogP contribution is -2.24. The van der Waals surface area contributed by atoms with E-state index in [9.17, 15) is 0 Å². The van der Waals surface area contributed by atoms with Gasteiger partial charge >= 0.3 is 0 Å². The summed E-state index contributed by atoms with van der Waals surface area (Å²) >= 11 is 0. The zero-order valence-corrected chi connectivity index (χ0v) is 8.89. The van der Waals surface area contributed by atoms with Crippen molar-refractivity contribution in [3.05, 3.63) is 10.4 Å². The molecule has 1 rings (SSSR count). The maximum absolute atomic E-state index is 8.15. The first-order valence-corrected chi connectivity index (χ1v) is 5.00. The summed E-state index contributed by atoms with van der Waals surface area (Å²) < 4.78 is 5.16. The van der Waals surface area contributed by atoms with Crippen LogP contribution >= 0.6 is 0 Å². The zero-order valence-electron chi connectivity index (χ0n) is 8.89. The monoisotopic (exact) mass is 198 g/mol. The molecule has 80 valence electrons. The fourth-order valence-corrected chi connectivity index (χ4v) is 1.99. The van der Waals surface area contributed by atoms with Gasteiger partial charge in [0.25, 0.3) is 0 Å². The molecule has 14 heavy (non-hydrogen) atoms. The van der Waals surface area contributed by atoms with Crippen molar-refractivity contribution >= 4 is 0 Å². The molecule has 0 aromatic carbocycles. The third-order valence-corrected chi connectivity index (χ3v) is 2.80. The highest BCUT2D eigenvalue weighted by atomic mass is 16.5. The van der Waals surface area contributed by atoms with Crippen LogP contribution in [0.25, 0.3) is 10.4 Å². The molecule has 0 aliphatic carbocycles. The summed E-state index contributed by atoms with van der Waals surface area (Å²) in [6.07, 6.45) is 0. The molecule has 2 atom stereocenters. The molecular weight excluding hydrogens is 180 g/mol. The molecule has 0 unspecified atom stereocenters. The van der Waals surface area contributed by atoms with E-state index in [0.717, 1.165) is 26.2 Å². The van der Waals surface area contributed by atoms with E-state index in [4.69, 9.17) is 10.3 Å². The minimum absolute atomic E-state index is 0.572. The quantitative estimate of drug-likeness (QED) is 0.382. The number of rotatable bonds is 5. The van der Waals surface area contributed by atoms with Gasteiger partial charge in [0.15, 0.2) is 0 Å². The number of methoxy groups -OCH3 is 1. The average Bonchev–Trinajstić information content (AvgIpc) is 2.49. The number of azide groups is 1. The van der Waals surface area contributed by atoms with Gasteiger partial charge in [0.2, 0.25) is 0 Å². The first kappa shape index (κ1) is 11.3. The van der Waals surface area contributed by atoms with Crippen molar-refractivity contribution < 1.29 is 4.74 Å². The molecule has 0 N–H and O–H groups in total. The van der Waals surface area contributed by atoms with Crippen LogP contribution < -0.4 is 0 Å². The van der Waals surface area contributed by atoms with Gasteiger partial charge in [0.05, 0.1) is 6.61 Å². The standard InChI is InChI=1S/C9H18N4O/c1-8-5-13(4-3-11-12-10)6-9(8)7-14-2/h8-9H,3-7H2,1-2H3/t8-,9-/m1/s1. The Labute approximate surface area is 84.7 Å². The first-order valence-electron chi connectivity index (χ1n) is 5.00. The Morgan fingerprint density at radius 2 is 2.36 bits per heavy atom. The number of ether oxygens (including phenoxy) is 1. The van der Waals surface area contributed by atoms with Gasteiger partial charge in [-0.15, -0.1) is 0 Å². The predicted octanol–water partition coefficient (Wildman–Crippen LogP) is 1.51. The maximum atomic E-state index is 8.15. The topological polar surface area (TPSA) is 61.2 Å². The van der Waals surface area contributed by atoms with E-state index < -0.39 is 0 Å².